The van der Waals surface area contributed by atoms with Gasteiger partial charge in [0.2, 0.25) is 11.1 Å². The molecule has 1 aliphatic heterocycles. The van der Waals surface area contributed by atoms with E-state index in [-0.39, 0.29) is 5.97 Å². The van der Waals surface area contributed by atoms with Crippen LogP contribution in [0, 0.1) is 0 Å². The zero-order valence-electron chi connectivity index (χ0n) is 18.8. The zero-order valence-corrected chi connectivity index (χ0v) is 19.6. The number of aromatic nitrogens is 3. The molecule has 1 atom stereocenters. The average molecular weight is 445 g/mol. The summed E-state index contributed by atoms with van der Waals surface area (Å²) in [6.45, 7) is 9.15. The molecule has 1 aromatic heterocycles. The Balaban J connectivity index is 2.06. The molecule has 0 spiro atoms. The number of nitrogens with one attached hydrogen (secondary N) is 1. The SMILES string of the molecule is CCCCOC(=O)C1=C(C)Nc2nc(SCCC)nn2C1c1ccccc1OCCC. The number of hydrogen-bond acceptors (Lipinski definition) is 7. The van der Waals surface area contributed by atoms with Gasteiger partial charge in [0.05, 0.1) is 18.8 Å². The fraction of sp³-hybridized carbons (Fsp3) is 0.522. The topological polar surface area (TPSA) is 78.3 Å². The van der Waals surface area contributed by atoms with Crippen molar-refractivity contribution in [3.05, 3.63) is 41.1 Å². The van der Waals surface area contributed by atoms with E-state index in [1.807, 2.05) is 31.2 Å². The predicted octanol–water partition coefficient (Wildman–Crippen LogP) is 5.20. The van der Waals surface area contributed by atoms with Gasteiger partial charge in [-0.1, -0.05) is 57.2 Å². The summed E-state index contributed by atoms with van der Waals surface area (Å²) in [5, 5.41) is 8.68. The number of thioether (sulfide) groups is 1. The Kier molecular flexibility index (Phi) is 8.40. The van der Waals surface area contributed by atoms with E-state index in [1.54, 1.807) is 16.4 Å². The first-order valence-electron chi connectivity index (χ1n) is 11.1. The molecule has 8 heteroatoms. The number of hydrogen-bond donors (Lipinski definition) is 1. The van der Waals surface area contributed by atoms with E-state index in [4.69, 9.17) is 14.6 Å². The molecule has 31 heavy (non-hydrogen) atoms. The molecule has 1 aromatic carbocycles. The molecule has 7 nitrogen and oxygen atoms in total. The number of fused-ring (bicyclic) bond motifs is 1. The molecule has 0 saturated heterocycles. The number of esters is 1. The smallest absolute Gasteiger partial charge is 0.338 e. The number of rotatable bonds is 11. The van der Waals surface area contributed by atoms with Crippen LogP contribution in [0.4, 0.5) is 5.95 Å². The fourth-order valence-corrected chi connectivity index (χ4v) is 4.06. The number of nitrogens with zero attached hydrogens (tertiary/aromatic N) is 3. The summed E-state index contributed by atoms with van der Waals surface area (Å²) >= 11 is 1.61. The van der Waals surface area contributed by atoms with E-state index in [9.17, 15) is 4.79 Å². The highest BCUT2D eigenvalue weighted by atomic mass is 32.2. The Morgan fingerprint density at radius 2 is 1.97 bits per heavy atom. The summed E-state index contributed by atoms with van der Waals surface area (Å²) in [5.74, 6) is 1.96. The van der Waals surface area contributed by atoms with Crippen molar-refractivity contribution in [1.82, 2.24) is 14.8 Å². The zero-order chi connectivity index (χ0) is 22.2. The summed E-state index contributed by atoms with van der Waals surface area (Å²) in [4.78, 5) is 17.8. The van der Waals surface area contributed by atoms with Gasteiger partial charge in [-0.05, 0) is 32.3 Å². The van der Waals surface area contributed by atoms with Crippen molar-refractivity contribution in [2.45, 2.75) is 64.6 Å². The molecule has 0 bridgehead atoms. The highest BCUT2D eigenvalue weighted by molar-refractivity contribution is 7.99. The Bertz CT molecular complexity index is 925. The molecule has 1 unspecified atom stereocenters. The van der Waals surface area contributed by atoms with Crippen LogP contribution in [0.2, 0.25) is 0 Å². The molecular formula is C23H32N4O3S. The Labute approximate surface area is 188 Å². The molecule has 2 aromatic rings. The third-order valence-electron chi connectivity index (χ3n) is 4.89. The van der Waals surface area contributed by atoms with Crippen LogP contribution in [-0.2, 0) is 9.53 Å². The largest absolute Gasteiger partial charge is 0.493 e. The maximum atomic E-state index is 13.2. The van der Waals surface area contributed by atoms with Crippen molar-refractivity contribution in [1.29, 1.82) is 0 Å². The highest BCUT2D eigenvalue weighted by Gasteiger charge is 2.36. The van der Waals surface area contributed by atoms with Gasteiger partial charge in [0.15, 0.2) is 0 Å². The number of allylic oxidation sites excluding steroid dienone is 1. The van der Waals surface area contributed by atoms with Gasteiger partial charge in [-0.3, -0.25) is 0 Å². The van der Waals surface area contributed by atoms with E-state index in [1.165, 1.54) is 0 Å². The van der Waals surface area contributed by atoms with Gasteiger partial charge in [-0.2, -0.15) is 4.98 Å². The summed E-state index contributed by atoms with van der Waals surface area (Å²) in [6, 6.07) is 7.34. The van der Waals surface area contributed by atoms with Gasteiger partial charge in [0.25, 0.3) is 0 Å². The van der Waals surface area contributed by atoms with Gasteiger partial charge in [0.1, 0.15) is 11.8 Å². The first-order valence-corrected chi connectivity index (χ1v) is 12.0. The molecule has 2 heterocycles. The second kappa shape index (κ2) is 11.2. The van der Waals surface area contributed by atoms with Crippen molar-refractivity contribution < 1.29 is 14.3 Å². The summed E-state index contributed by atoms with van der Waals surface area (Å²) in [6.07, 6.45) is 3.73. The minimum Gasteiger partial charge on any atom is -0.493 e. The number of unbranched alkanes of at least 4 members (excludes halogenated alkanes) is 1. The van der Waals surface area contributed by atoms with Crippen molar-refractivity contribution >= 4 is 23.7 Å². The first-order chi connectivity index (χ1) is 15.1. The average Bonchev–Trinajstić information content (AvgIpc) is 3.18. The molecule has 0 radical (unpaired) electrons. The summed E-state index contributed by atoms with van der Waals surface area (Å²) in [7, 11) is 0. The third kappa shape index (κ3) is 5.42. The molecule has 0 aliphatic carbocycles. The predicted molar refractivity (Wildman–Crippen MR) is 124 cm³/mol. The summed E-state index contributed by atoms with van der Waals surface area (Å²) < 4.78 is 13.4. The van der Waals surface area contributed by atoms with Crippen molar-refractivity contribution in [3.8, 4) is 5.75 Å². The molecule has 1 N–H and O–H groups in total. The number of carbonyl (C=O) groups excluding carboxylic acids is 1. The lowest BCUT2D eigenvalue weighted by Crippen LogP contribution is -2.30. The van der Waals surface area contributed by atoms with E-state index in [0.717, 1.165) is 48.4 Å². The van der Waals surface area contributed by atoms with E-state index >= 15 is 0 Å². The molecule has 168 valence electrons. The second-order valence-electron chi connectivity index (χ2n) is 7.45. The Morgan fingerprint density at radius 1 is 1.16 bits per heavy atom. The standard InChI is InChI=1S/C23H32N4O3S/c1-5-8-14-30-21(28)19-16(4)24-22-25-23(31-15-7-3)26-27(22)20(19)17-11-9-10-12-18(17)29-13-6-2/h9-12,20H,5-8,13-15H2,1-4H3,(H,24,25,26). The summed E-state index contributed by atoms with van der Waals surface area (Å²) in [5.41, 5.74) is 2.13. The lowest BCUT2D eigenvalue weighted by atomic mass is 9.95. The highest BCUT2D eigenvalue weighted by Crippen LogP contribution is 2.40. The van der Waals surface area contributed by atoms with Crippen LogP contribution in [-0.4, -0.2) is 39.7 Å². The molecule has 3 rings (SSSR count). The van der Waals surface area contributed by atoms with Gasteiger partial charge in [-0.25, -0.2) is 9.48 Å². The van der Waals surface area contributed by atoms with Crippen LogP contribution in [0.15, 0.2) is 40.7 Å². The molecule has 0 amide bonds. The van der Waals surface area contributed by atoms with Gasteiger partial charge >= 0.3 is 5.97 Å². The molecule has 1 aliphatic rings. The lowest BCUT2D eigenvalue weighted by molar-refractivity contribution is -0.139. The maximum Gasteiger partial charge on any atom is 0.338 e. The van der Waals surface area contributed by atoms with Gasteiger partial charge in [0, 0.05) is 17.0 Å². The van der Waals surface area contributed by atoms with Crippen molar-refractivity contribution in [2.75, 3.05) is 24.3 Å². The maximum absolute atomic E-state index is 13.2. The van der Waals surface area contributed by atoms with Crippen molar-refractivity contribution in [2.24, 2.45) is 0 Å². The van der Waals surface area contributed by atoms with Gasteiger partial charge < -0.3 is 14.8 Å². The van der Waals surface area contributed by atoms with Crippen LogP contribution >= 0.6 is 11.8 Å². The van der Waals surface area contributed by atoms with Crippen LogP contribution < -0.4 is 10.1 Å². The van der Waals surface area contributed by atoms with Gasteiger partial charge in [-0.15, -0.1) is 5.10 Å². The van der Waals surface area contributed by atoms with Crippen LogP contribution in [0.5, 0.6) is 5.75 Å². The number of carbonyl (C=O) groups is 1. The number of benzene rings is 1. The fourth-order valence-electron chi connectivity index (χ4n) is 3.37. The third-order valence-corrected chi connectivity index (χ3v) is 5.94. The number of para-hydroxylation sites is 1. The first kappa shape index (κ1) is 23.2. The van der Waals surface area contributed by atoms with E-state index < -0.39 is 6.04 Å². The molecular weight excluding hydrogens is 412 g/mol. The molecule has 0 fully saturated rings. The number of anilines is 1. The lowest BCUT2D eigenvalue weighted by Gasteiger charge is -2.29. The van der Waals surface area contributed by atoms with Crippen LogP contribution in [0.3, 0.4) is 0 Å². The minimum atomic E-state index is -0.470. The Morgan fingerprint density at radius 3 is 2.71 bits per heavy atom. The van der Waals surface area contributed by atoms with E-state index in [2.05, 4.69) is 31.1 Å². The van der Waals surface area contributed by atoms with Crippen LogP contribution in [0.25, 0.3) is 0 Å². The minimum absolute atomic E-state index is 0.336. The molecule has 0 saturated carbocycles. The van der Waals surface area contributed by atoms with E-state index in [0.29, 0.717) is 29.9 Å². The second-order valence-corrected chi connectivity index (χ2v) is 8.52. The monoisotopic (exact) mass is 444 g/mol. The normalized spacial score (nSPS) is 15.4. The van der Waals surface area contributed by atoms with Crippen LogP contribution in [0.1, 0.15) is 65.0 Å². The Hall–Kier alpha value is -2.48. The number of ether oxygens (including phenoxy) is 2. The van der Waals surface area contributed by atoms with Crippen molar-refractivity contribution in [3.63, 3.8) is 0 Å². The quantitative estimate of drug-likeness (QED) is 0.290.